The Hall–Kier alpha value is -1.24. The van der Waals surface area contributed by atoms with E-state index in [1.54, 1.807) is 6.92 Å². The molecule has 6 nitrogen and oxygen atoms in total. The Morgan fingerprint density at radius 3 is 2.25 bits per heavy atom. The number of carbonyl (C=O) groups is 3. The molecule has 0 heterocycles. The van der Waals surface area contributed by atoms with E-state index in [1.165, 1.54) is 18.7 Å². The molecule has 2 amide bonds. The van der Waals surface area contributed by atoms with Crippen molar-refractivity contribution in [2.45, 2.75) is 45.4 Å². The molecule has 0 aliphatic carbocycles. The topological polar surface area (TPSA) is 95.5 Å². The van der Waals surface area contributed by atoms with Gasteiger partial charge in [-0.25, -0.2) is 4.79 Å². The van der Waals surface area contributed by atoms with Crippen LogP contribution >= 0.6 is 11.8 Å². The van der Waals surface area contributed by atoms with Crippen LogP contribution < -0.4 is 10.6 Å². The zero-order valence-electron chi connectivity index (χ0n) is 12.4. The van der Waals surface area contributed by atoms with Gasteiger partial charge in [0, 0.05) is 19.2 Å². The van der Waals surface area contributed by atoms with Crippen LogP contribution in [0.15, 0.2) is 0 Å². The van der Waals surface area contributed by atoms with Gasteiger partial charge in [0.1, 0.15) is 6.04 Å². The van der Waals surface area contributed by atoms with Crippen molar-refractivity contribution in [3.8, 4) is 0 Å². The molecule has 0 saturated heterocycles. The van der Waals surface area contributed by atoms with Gasteiger partial charge < -0.3 is 15.7 Å². The largest absolute Gasteiger partial charge is 0.480 e. The van der Waals surface area contributed by atoms with E-state index in [2.05, 4.69) is 24.5 Å². The molecule has 7 heteroatoms. The van der Waals surface area contributed by atoms with Gasteiger partial charge in [0.15, 0.2) is 0 Å². The Morgan fingerprint density at radius 1 is 1.20 bits per heavy atom. The van der Waals surface area contributed by atoms with Crippen LogP contribution in [-0.4, -0.2) is 46.5 Å². The van der Waals surface area contributed by atoms with Crippen LogP contribution in [0.1, 0.15) is 34.1 Å². The third kappa shape index (κ3) is 8.79. The third-order valence-electron chi connectivity index (χ3n) is 2.58. The predicted octanol–water partition coefficient (Wildman–Crippen LogP) is 0.860. The molecule has 0 aliphatic heterocycles. The first-order chi connectivity index (χ1) is 9.23. The van der Waals surface area contributed by atoms with Crippen LogP contribution in [0, 0.1) is 5.92 Å². The van der Waals surface area contributed by atoms with Crippen LogP contribution in [0.4, 0.5) is 0 Å². The SMILES string of the molecule is CC(=O)NC(CSC(C)C(=O)NCCC(C)C)C(=O)O. The maximum atomic E-state index is 11.8. The lowest BCUT2D eigenvalue weighted by Gasteiger charge is -2.16. The van der Waals surface area contributed by atoms with Crippen LogP contribution in [0.5, 0.6) is 0 Å². The van der Waals surface area contributed by atoms with Crippen LogP contribution in [-0.2, 0) is 14.4 Å². The van der Waals surface area contributed by atoms with Gasteiger partial charge in [-0.2, -0.15) is 0 Å². The minimum atomic E-state index is -1.10. The van der Waals surface area contributed by atoms with E-state index in [0.29, 0.717) is 12.5 Å². The molecule has 0 rings (SSSR count). The van der Waals surface area contributed by atoms with Crippen molar-refractivity contribution < 1.29 is 19.5 Å². The van der Waals surface area contributed by atoms with Crippen molar-refractivity contribution >= 4 is 29.5 Å². The summed E-state index contributed by atoms with van der Waals surface area (Å²) >= 11 is 1.21. The van der Waals surface area contributed by atoms with E-state index in [4.69, 9.17) is 5.11 Å². The molecule has 2 unspecified atom stereocenters. The van der Waals surface area contributed by atoms with Crippen LogP contribution in [0.2, 0.25) is 0 Å². The second-order valence-electron chi connectivity index (χ2n) is 5.04. The highest BCUT2D eigenvalue weighted by Gasteiger charge is 2.21. The monoisotopic (exact) mass is 304 g/mol. The molecule has 116 valence electrons. The first-order valence-corrected chi connectivity index (χ1v) is 7.68. The molecule has 0 saturated carbocycles. The number of hydrogen-bond donors (Lipinski definition) is 3. The van der Waals surface area contributed by atoms with Crippen LogP contribution in [0.3, 0.4) is 0 Å². The van der Waals surface area contributed by atoms with Crippen molar-refractivity contribution in [1.82, 2.24) is 10.6 Å². The zero-order valence-corrected chi connectivity index (χ0v) is 13.3. The Bertz CT molecular complexity index is 347. The Labute approximate surface area is 124 Å². The smallest absolute Gasteiger partial charge is 0.327 e. The van der Waals surface area contributed by atoms with Gasteiger partial charge in [0.05, 0.1) is 5.25 Å². The van der Waals surface area contributed by atoms with E-state index in [1.807, 2.05) is 0 Å². The fourth-order valence-electron chi connectivity index (χ4n) is 1.36. The lowest BCUT2D eigenvalue weighted by molar-refractivity contribution is -0.140. The first-order valence-electron chi connectivity index (χ1n) is 6.63. The molecule has 0 bridgehead atoms. The van der Waals surface area contributed by atoms with Crippen molar-refractivity contribution in [2.24, 2.45) is 5.92 Å². The van der Waals surface area contributed by atoms with E-state index in [0.717, 1.165) is 6.42 Å². The Balaban J connectivity index is 4.10. The van der Waals surface area contributed by atoms with E-state index in [9.17, 15) is 14.4 Å². The standard InChI is InChI=1S/C13H24N2O4S/c1-8(2)5-6-14-12(17)9(3)20-7-11(13(18)19)15-10(4)16/h8-9,11H,5-7H2,1-4H3,(H,14,17)(H,15,16)(H,18,19). The van der Waals surface area contributed by atoms with Gasteiger partial charge in [-0.3, -0.25) is 9.59 Å². The fraction of sp³-hybridized carbons (Fsp3) is 0.769. The third-order valence-corrected chi connectivity index (χ3v) is 3.82. The maximum Gasteiger partial charge on any atom is 0.327 e. The summed E-state index contributed by atoms with van der Waals surface area (Å²) in [6, 6.07) is -0.969. The summed E-state index contributed by atoms with van der Waals surface area (Å²) < 4.78 is 0. The molecule has 2 atom stereocenters. The van der Waals surface area contributed by atoms with Gasteiger partial charge in [0.25, 0.3) is 0 Å². The van der Waals surface area contributed by atoms with Crippen molar-refractivity contribution in [2.75, 3.05) is 12.3 Å². The summed E-state index contributed by atoms with van der Waals surface area (Å²) in [5, 5.41) is 13.8. The minimum Gasteiger partial charge on any atom is -0.480 e. The lowest BCUT2D eigenvalue weighted by Crippen LogP contribution is -2.42. The van der Waals surface area contributed by atoms with Gasteiger partial charge in [-0.1, -0.05) is 13.8 Å². The summed E-state index contributed by atoms with van der Waals surface area (Å²) in [7, 11) is 0. The van der Waals surface area contributed by atoms with E-state index >= 15 is 0 Å². The molecule has 20 heavy (non-hydrogen) atoms. The first kappa shape index (κ1) is 18.8. The molecule has 0 aromatic carbocycles. The van der Waals surface area contributed by atoms with Gasteiger partial charge >= 0.3 is 5.97 Å². The predicted molar refractivity (Wildman–Crippen MR) is 79.6 cm³/mol. The summed E-state index contributed by atoms with van der Waals surface area (Å²) in [5.74, 6) is -0.919. The number of hydrogen-bond acceptors (Lipinski definition) is 4. The van der Waals surface area contributed by atoms with Crippen molar-refractivity contribution in [1.29, 1.82) is 0 Å². The van der Waals surface area contributed by atoms with Crippen molar-refractivity contribution in [3.05, 3.63) is 0 Å². The molecule has 0 aromatic heterocycles. The number of aliphatic carboxylic acids is 1. The molecular weight excluding hydrogens is 280 g/mol. The highest BCUT2D eigenvalue weighted by atomic mass is 32.2. The second kappa shape index (κ2) is 9.63. The second-order valence-corrected chi connectivity index (χ2v) is 6.41. The highest BCUT2D eigenvalue weighted by molar-refractivity contribution is 8.00. The number of thioether (sulfide) groups is 1. The fourth-order valence-corrected chi connectivity index (χ4v) is 2.31. The highest BCUT2D eigenvalue weighted by Crippen LogP contribution is 2.12. The number of carboxylic acid groups (broad SMARTS) is 1. The molecule has 0 fully saturated rings. The molecule has 3 N–H and O–H groups in total. The average Bonchev–Trinajstić information content (AvgIpc) is 2.32. The molecule has 0 radical (unpaired) electrons. The molecular formula is C13H24N2O4S. The van der Waals surface area contributed by atoms with Gasteiger partial charge in [-0.15, -0.1) is 11.8 Å². The number of nitrogens with one attached hydrogen (secondary N) is 2. The Kier molecular flexibility index (Phi) is 9.03. The van der Waals surface area contributed by atoms with E-state index < -0.39 is 17.9 Å². The Morgan fingerprint density at radius 2 is 1.80 bits per heavy atom. The molecule has 0 spiro atoms. The number of amides is 2. The van der Waals surface area contributed by atoms with Gasteiger partial charge in [-0.05, 0) is 19.3 Å². The van der Waals surface area contributed by atoms with Crippen molar-refractivity contribution in [3.63, 3.8) is 0 Å². The average molecular weight is 304 g/mol. The summed E-state index contributed by atoms with van der Waals surface area (Å²) in [6.07, 6.45) is 0.909. The summed E-state index contributed by atoms with van der Waals surface area (Å²) in [4.78, 5) is 33.6. The zero-order chi connectivity index (χ0) is 15.7. The molecule has 0 aliphatic rings. The number of carbonyl (C=O) groups excluding carboxylic acids is 2. The lowest BCUT2D eigenvalue weighted by atomic mass is 10.1. The quantitative estimate of drug-likeness (QED) is 0.587. The maximum absolute atomic E-state index is 11.8. The normalized spacial score (nSPS) is 13.7. The molecule has 0 aromatic rings. The number of carboxylic acids is 1. The summed E-state index contributed by atoms with van der Waals surface area (Å²) in [6.45, 7) is 7.77. The minimum absolute atomic E-state index is 0.109. The number of rotatable bonds is 9. The van der Waals surface area contributed by atoms with Gasteiger partial charge in [0.2, 0.25) is 11.8 Å². The summed E-state index contributed by atoms with van der Waals surface area (Å²) in [5.41, 5.74) is 0. The van der Waals surface area contributed by atoms with Crippen LogP contribution in [0.25, 0.3) is 0 Å². The van der Waals surface area contributed by atoms with E-state index in [-0.39, 0.29) is 16.9 Å².